The van der Waals surface area contributed by atoms with Crippen molar-refractivity contribution in [2.24, 2.45) is 5.92 Å². The molecule has 2 rings (SSSR count). The Bertz CT molecular complexity index is 428. The standard InChI is InChI=1S/C15H21NOS/c1-16(2)10-13-11-18-8-7-15(13)12-5-4-6-14(9-12)17-3/h4-7,9,13H,8,10-11H2,1-3H3/t13-/m1/s1. The lowest BCUT2D eigenvalue weighted by molar-refractivity contribution is 0.377. The molecule has 0 saturated carbocycles. The topological polar surface area (TPSA) is 12.5 Å². The highest BCUT2D eigenvalue weighted by Gasteiger charge is 2.20. The average Bonchev–Trinajstić information content (AvgIpc) is 2.39. The Kier molecular flexibility index (Phi) is 4.72. The molecule has 1 heterocycles. The third-order valence-electron chi connectivity index (χ3n) is 3.17. The van der Waals surface area contributed by atoms with Crippen molar-refractivity contribution in [1.29, 1.82) is 0 Å². The van der Waals surface area contributed by atoms with Crippen LogP contribution < -0.4 is 4.74 Å². The maximum Gasteiger partial charge on any atom is 0.119 e. The van der Waals surface area contributed by atoms with E-state index in [0.29, 0.717) is 5.92 Å². The molecule has 98 valence electrons. The van der Waals surface area contributed by atoms with E-state index in [-0.39, 0.29) is 0 Å². The molecule has 1 aliphatic heterocycles. The summed E-state index contributed by atoms with van der Waals surface area (Å²) in [6, 6.07) is 8.41. The fourth-order valence-corrected chi connectivity index (χ4v) is 3.37. The van der Waals surface area contributed by atoms with Crippen molar-refractivity contribution in [1.82, 2.24) is 4.90 Å². The zero-order chi connectivity index (χ0) is 13.0. The van der Waals surface area contributed by atoms with E-state index in [0.717, 1.165) is 18.0 Å². The maximum absolute atomic E-state index is 5.32. The highest BCUT2D eigenvalue weighted by atomic mass is 32.2. The van der Waals surface area contributed by atoms with Gasteiger partial charge in [0.25, 0.3) is 0 Å². The average molecular weight is 263 g/mol. The lowest BCUT2D eigenvalue weighted by atomic mass is 9.92. The molecule has 0 spiro atoms. The van der Waals surface area contributed by atoms with Crippen molar-refractivity contribution in [3.63, 3.8) is 0 Å². The largest absolute Gasteiger partial charge is 0.497 e. The number of ether oxygens (including phenoxy) is 1. The number of hydrogen-bond acceptors (Lipinski definition) is 3. The second-order valence-electron chi connectivity index (χ2n) is 4.89. The maximum atomic E-state index is 5.32. The molecule has 0 fully saturated rings. The van der Waals surface area contributed by atoms with E-state index in [4.69, 9.17) is 4.74 Å². The van der Waals surface area contributed by atoms with Crippen LogP contribution in [0.2, 0.25) is 0 Å². The molecular formula is C15H21NOS. The normalized spacial score (nSPS) is 19.8. The molecule has 0 aliphatic carbocycles. The molecule has 0 radical (unpaired) electrons. The van der Waals surface area contributed by atoms with Gasteiger partial charge >= 0.3 is 0 Å². The van der Waals surface area contributed by atoms with Crippen molar-refractivity contribution in [3.05, 3.63) is 35.9 Å². The smallest absolute Gasteiger partial charge is 0.119 e. The molecule has 0 N–H and O–H groups in total. The second kappa shape index (κ2) is 6.30. The van der Waals surface area contributed by atoms with E-state index in [1.165, 1.54) is 16.9 Å². The minimum atomic E-state index is 0.617. The number of rotatable bonds is 4. The lowest BCUT2D eigenvalue weighted by Gasteiger charge is -2.27. The molecule has 1 aromatic carbocycles. The molecule has 1 aromatic rings. The Morgan fingerprint density at radius 1 is 1.39 bits per heavy atom. The summed E-state index contributed by atoms with van der Waals surface area (Å²) in [7, 11) is 6.01. The first-order valence-corrected chi connectivity index (χ1v) is 7.43. The minimum absolute atomic E-state index is 0.617. The van der Waals surface area contributed by atoms with Crippen LogP contribution in [-0.4, -0.2) is 44.2 Å². The Balaban J connectivity index is 2.25. The predicted molar refractivity (Wildman–Crippen MR) is 80.3 cm³/mol. The van der Waals surface area contributed by atoms with E-state index in [1.54, 1.807) is 7.11 Å². The van der Waals surface area contributed by atoms with Crippen molar-refractivity contribution in [3.8, 4) is 5.75 Å². The van der Waals surface area contributed by atoms with Crippen LogP contribution in [0, 0.1) is 5.92 Å². The highest BCUT2D eigenvalue weighted by molar-refractivity contribution is 7.99. The third kappa shape index (κ3) is 3.30. The molecule has 1 aliphatic rings. The summed E-state index contributed by atoms with van der Waals surface area (Å²) >= 11 is 2.02. The number of benzene rings is 1. The van der Waals surface area contributed by atoms with E-state index in [9.17, 15) is 0 Å². The first-order chi connectivity index (χ1) is 8.70. The van der Waals surface area contributed by atoms with Crippen LogP contribution in [0.15, 0.2) is 30.3 Å². The van der Waals surface area contributed by atoms with Crippen LogP contribution in [0.5, 0.6) is 5.75 Å². The molecule has 1 atom stereocenters. The van der Waals surface area contributed by atoms with Crippen molar-refractivity contribution >= 4 is 17.3 Å². The number of hydrogen-bond donors (Lipinski definition) is 0. The van der Waals surface area contributed by atoms with Crippen LogP contribution >= 0.6 is 11.8 Å². The van der Waals surface area contributed by atoms with Gasteiger partial charge in [-0.05, 0) is 37.4 Å². The summed E-state index contributed by atoms with van der Waals surface area (Å²) < 4.78 is 5.32. The zero-order valence-electron chi connectivity index (χ0n) is 11.3. The van der Waals surface area contributed by atoms with Gasteiger partial charge in [-0.15, -0.1) is 0 Å². The Hall–Kier alpha value is -0.930. The van der Waals surface area contributed by atoms with Gasteiger partial charge in [0.1, 0.15) is 5.75 Å². The molecule has 0 aromatic heterocycles. The Morgan fingerprint density at radius 3 is 2.94 bits per heavy atom. The monoisotopic (exact) mass is 263 g/mol. The highest BCUT2D eigenvalue weighted by Crippen LogP contribution is 2.33. The minimum Gasteiger partial charge on any atom is -0.497 e. The van der Waals surface area contributed by atoms with Crippen molar-refractivity contribution in [2.75, 3.05) is 39.3 Å². The van der Waals surface area contributed by atoms with Gasteiger partial charge in [0.15, 0.2) is 0 Å². The fourth-order valence-electron chi connectivity index (χ4n) is 2.36. The van der Waals surface area contributed by atoms with Gasteiger partial charge in [-0.25, -0.2) is 0 Å². The quantitative estimate of drug-likeness (QED) is 0.828. The molecular weight excluding hydrogens is 242 g/mol. The van der Waals surface area contributed by atoms with Gasteiger partial charge in [0.05, 0.1) is 7.11 Å². The van der Waals surface area contributed by atoms with Crippen molar-refractivity contribution in [2.45, 2.75) is 0 Å². The predicted octanol–water partition coefficient (Wildman–Crippen LogP) is 3.00. The first kappa shape index (κ1) is 13.5. The lowest BCUT2D eigenvalue weighted by Crippen LogP contribution is -2.26. The van der Waals surface area contributed by atoms with Crippen LogP contribution in [0.3, 0.4) is 0 Å². The summed E-state index contributed by atoms with van der Waals surface area (Å²) in [4.78, 5) is 2.27. The summed E-state index contributed by atoms with van der Waals surface area (Å²) in [5.41, 5.74) is 2.78. The Morgan fingerprint density at radius 2 is 2.22 bits per heavy atom. The second-order valence-corrected chi connectivity index (χ2v) is 5.96. The van der Waals surface area contributed by atoms with Crippen LogP contribution in [0.4, 0.5) is 0 Å². The molecule has 3 heteroatoms. The van der Waals surface area contributed by atoms with Gasteiger partial charge in [0, 0.05) is 24.0 Å². The molecule has 0 bridgehead atoms. The number of nitrogens with zero attached hydrogens (tertiary/aromatic N) is 1. The van der Waals surface area contributed by atoms with Gasteiger partial charge in [-0.2, -0.15) is 11.8 Å². The third-order valence-corrected chi connectivity index (χ3v) is 4.21. The SMILES string of the molecule is COc1cccc(C2=CCSC[C@H]2CN(C)C)c1. The number of thioether (sulfide) groups is 1. The van der Waals surface area contributed by atoms with E-state index in [1.807, 2.05) is 17.8 Å². The van der Waals surface area contributed by atoms with E-state index in [2.05, 4.69) is 43.3 Å². The summed E-state index contributed by atoms with van der Waals surface area (Å²) in [6.45, 7) is 1.11. The van der Waals surface area contributed by atoms with Gasteiger partial charge in [-0.3, -0.25) is 0 Å². The molecule has 0 unspecified atom stereocenters. The summed E-state index contributed by atoms with van der Waals surface area (Å²) in [5.74, 6) is 3.89. The van der Waals surface area contributed by atoms with Crippen LogP contribution in [0.25, 0.3) is 5.57 Å². The first-order valence-electron chi connectivity index (χ1n) is 6.27. The molecule has 0 amide bonds. The van der Waals surface area contributed by atoms with Gasteiger partial charge < -0.3 is 9.64 Å². The van der Waals surface area contributed by atoms with Gasteiger partial charge in [0.2, 0.25) is 0 Å². The van der Waals surface area contributed by atoms with E-state index >= 15 is 0 Å². The molecule has 0 saturated heterocycles. The van der Waals surface area contributed by atoms with Crippen LogP contribution in [-0.2, 0) is 0 Å². The van der Waals surface area contributed by atoms with Gasteiger partial charge in [-0.1, -0.05) is 18.2 Å². The molecule has 18 heavy (non-hydrogen) atoms. The van der Waals surface area contributed by atoms with E-state index < -0.39 is 0 Å². The summed E-state index contributed by atoms with van der Waals surface area (Å²) in [6.07, 6.45) is 2.37. The zero-order valence-corrected chi connectivity index (χ0v) is 12.2. The summed E-state index contributed by atoms with van der Waals surface area (Å²) in [5, 5.41) is 0. The fraction of sp³-hybridized carbons (Fsp3) is 0.467. The number of methoxy groups -OCH3 is 1. The van der Waals surface area contributed by atoms with Crippen molar-refractivity contribution < 1.29 is 4.74 Å². The van der Waals surface area contributed by atoms with Crippen LogP contribution in [0.1, 0.15) is 5.56 Å². The molecule has 2 nitrogen and oxygen atoms in total. The Labute approximate surface area is 114 Å².